The van der Waals surface area contributed by atoms with Gasteiger partial charge in [0, 0.05) is 13.7 Å². The number of nitrogens with zero attached hydrogens (tertiary/aromatic N) is 4. The molecule has 0 saturated carbocycles. The summed E-state index contributed by atoms with van der Waals surface area (Å²) in [5.74, 6) is -1.13. The Morgan fingerprint density at radius 1 is 1.09 bits per heavy atom. The predicted molar refractivity (Wildman–Crippen MR) is 129 cm³/mol. The number of carbonyl (C=O) groups is 2. The monoisotopic (exact) mass is 485 g/mol. The lowest BCUT2D eigenvalue weighted by molar-refractivity contribution is -0.145. The topological polar surface area (TPSA) is 126 Å². The third-order valence-corrected chi connectivity index (χ3v) is 5.53. The normalized spacial score (nSPS) is 12.1. The zero-order valence-corrected chi connectivity index (χ0v) is 20.4. The first-order chi connectivity index (χ1) is 16.8. The Morgan fingerprint density at radius 2 is 1.80 bits per heavy atom. The van der Waals surface area contributed by atoms with Crippen molar-refractivity contribution in [1.29, 1.82) is 0 Å². The van der Waals surface area contributed by atoms with Crippen LogP contribution in [-0.2, 0) is 38.7 Å². The van der Waals surface area contributed by atoms with E-state index in [-0.39, 0.29) is 23.6 Å². The number of aromatic nitrogens is 4. The van der Waals surface area contributed by atoms with Crippen LogP contribution in [-0.4, -0.2) is 57.4 Å². The SMILES string of the molecule is COCCn1cnc2c1c(=O)n(CC(=O)NC(CC(C)C)C(=O)OC)c(=O)n2Cc1ccccc1. The van der Waals surface area contributed by atoms with Gasteiger partial charge in [-0.1, -0.05) is 44.2 Å². The van der Waals surface area contributed by atoms with Gasteiger partial charge in [0.05, 0.1) is 26.6 Å². The summed E-state index contributed by atoms with van der Waals surface area (Å²) in [4.78, 5) is 56.1. The van der Waals surface area contributed by atoms with Crippen molar-refractivity contribution in [3.8, 4) is 0 Å². The predicted octanol–water partition coefficient (Wildman–Crippen LogP) is 0.758. The molecule has 1 aromatic carbocycles. The van der Waals surface area contributed by atoms with Gasteiger partial charge in [0.1, 0.15) is 12.6 Å². The van der Waals surface area contributed by atoms with Gasteiger partial charge in [0.25, 0.3) is 5.56 Å². The minimum absolute atomic E-state index is 0.108. The van der Waals surface area contributed by atoms with Gasteiger partial charge in [0.2, 0.25) is 5.91 Å². The highest BCUT2D eigenvalue weighted by Gasteiger charge is 2.25. The van der Waals surface area contributed by atoms with E-state index in [1.807, 2.05) is 44.2 Å². The molecule has 1 atom stereocenters. The maximum Gasteiger partial charge on any atom is 0.333 e. The standard InChI is InChI=1S/C24H31N5O6/c1-16(2)12-18(23(32)35-4)26-19(30)14-29-22(31)20-21(25-15-27(20)10-11-34-3)28(24(29)33)13-17-8-6-5-7-9-17/h5-9,15-16,18H,10-14H2,1-4H3,(H,26,30). The number of carbonyl (C=O) groups excluding carboxylic acids is 2. The number of hydrogen-bond donors (Lipinski definition) is 1. The van der Waals surface area contributed by atoms with Gasteiger partial charge in [-0.15, -0.1) is 0 Å². The highest BCUT2D eigenvalue weighted by molar-refractivity contribution is 5.84. The highest BCUT2D eigenvalue weighted by Crippen LogP contribution is 2.10. The Kier molecular flexibility index (Phi) is 8.58. The van der Waals surface area contributed by atoms with E-state index < -0.39 is 35.7 Å². The van der Waals surface area contributed by atoms with Gasteiger partial charge < -0.3 is 19.4 Å². The molecule has 11 nitrogen and oxygen atoms in total. The van der Waals surface area contributed by atoms with E-state index in [1.54, 1.807) is 11.7 Å². The zero-order chi connectivity index (χ0) is 25.5. The van der Waals surface area contributed by atoms with E-state index in [0.29, 0.717) is 19.6 Å². The van der Waals surface area contributed by atoms with Crippen LogP contribution in [0, 0.1) is 5.92 Å². The van der Waals surface area contributed by atoms with Crippen molar-refractivity contribution in [1.82, 2.24) is 24.0 Å². The maximum absolute atomic E-state index is 13.4. The van der Waals surface area contributed by atoms with Gasteiger partial charge in [0.15, 0.2) is 11.2 Å². The number of amides is 1. The van der Waals surface area contributed by atoms with Crippen molar-refractivity contribution in [2.45, 2.75) is 45.9 Å². The van der Waals surface area contributed by atoms with E-state index in [4.69, 9.17) is 9.47 Å². The van der Waals surface area contributed by atoms with Crippen molar-refractivity contribution in [3.05, 3.63) is 63.1 Å². The molecule has 0 fully saturated rings. The fourth-order valence-electron chi connectivity index (χ4n) is 3.86. The van der Waals surface area contributed by atoms with Crippen molar-refractivity contribution in [3.63, 3.8) is 0 Å². The van der Waals surface area contributed by atoms with Crippen LogP contribution in [0.2, 0.25) is 0 Å². The fraction of sp³-hybridized carbons (Fsp3) is 0.458. The Morgan fingerprint density at radius 3 is 2.43 bits per heavy atom. The summed E-state index contributed by atoms with van der Waals surface area (Å²) in [6, 6.07) is 8.39. The third kappa shape index (κ3) is 6.04. The number of ether oxygens (including phenoxy) is 2. The van der Waals surface area contributed by atoms with Crippen molar-refractivity contribution < 1.29 is 19.1 Å². The van der Waals surface area contributed by atoms with Gasteiger partial charge in [-0.2, -0.15) is 0 Å². The van der Waals surface area contributed by atoms with Crippen LogP contribution in [0.25, 0.3) is 11.2 Å². The molecule has 2 aromatic heterocycles. The number of imidazole rings is 1. The lowest BCUT2D eigenvalue weighted by Crippen LogP contribution is -2.48. The number of rotatable bonds is 11. The first-order valence-corrected chi connectivity index (χ1v) is 11.3. The number of benzene rings is 1. The molecule has 1 unspecified atom stereocenters. The molecular formula is C24H31N5O6. The molecule has 3 aromatic rings. The number of esters is 1. The Hall–Kier alpha value is -3.73. The van der Waals surface area contributed by atoms with Gasteiger partial charge >= 0.3 is 11.7 Å². The second-order valence-corrected chi connectivity index (χ2v) is 8.62. The molecule has 0 bridgehead atoms. The van der Waals surface area contributed by atoms with Gasteiger partial charge in [-0.25, -0.2) is 19.1 Å². The van der Waals surface area contributed by atoms with Gasteiger partial charge in [-0.3, -0.25) is 14.2 Å². The summed E-state index contributed by atoms with van der Waals surface area (Å²) in [5, 5.41) is 2.60. The van der Waals surface area contributed by atoms with Crippen LogP contribution in [0.1, 0.15) is 25.8 Å². The minimum Gasteiger partial charge on any atom is -0.467 e. The van der Waals surface area contributed by atoms with Crippen molar-refractivity contribution in [2.24, 2.45) is 5.92 Å². The molecule has 0 spiro atoms. The molecule has 2 heterocycles. The first kappa shape index (κ1) is 25.9. The first-order valence-electron chi connectivity index (χ1n) is 11.3. The molecular weight excluding hydrogens is 454 g/mol. The maximum atomic E-state index is 13.4. The van der Waals surface area contributed by atoms with Crippen LogP contribution in [0.4, 0.5) is 0 Å². The minimum atomic E-state index is -0.884. The summed E-state index contributed by atoms with van der Waals surface area (Å²) in [5.41, 5.74) is -0.0610. The number of methoxy groups -OCH3 is 2. The number of hydrogen-bond acceptors (Lipinski definition) is 7. The molecule has 35 heavy (non-hydrogen) atoms. The smallest absolute Gasteiger partial charge is 0.333 e. The molecule has 188 valence electrons. The second-order valence-electron chi connectivity index (χ2n) is 8.62. The molecule has 0 radical (unpaired) electrons. The van der Waals surface area contributed by atoms with Gasteiger partial charge in [-0.05, 0) is 17.9 Å². The highest BCUT2D eigenvalue weighted by atomic mass is 16.5. The van der Waals surface area contributed by atoms with E-state index in [9.17, 15) is 19.2 Å². The molecule has 3 rings (SSSR count). The Bertz CT molecular complexity index is 1290. The second kappa shape index (κ2) is 11.6. The lowest BCUT2D eigenvalue weighted by Gasteiger charge is -2.19. The lowest BCUT2D eigenvalue weighted by atomic mass is 10.0. The number of nitrogens with one attached hydrogen (secondary N) is 1. The zero-order valence-electron chi connectivity index (χ0n) is 20.4. The van der Waals surface area contributed by atoms with Crippen LogP contribution >= 0.6 is 0 Å². The van der Waals surface area contributed by atoms with Crippen molar-refractivity contribution in [2.75, 3.05) is 20.8 Å². The summed E-state index contributed by atoms with van der Waals surface area (Å²) < 4.78 is 13.8. The summed E-state index contributed by atoms with van der Waals surface area (Å²) >= 11 is 0. The molecule has 11 heteroatoms. The van der Waals surface area contributed by atoms with Crippen LogP contribution in [0.5, 0.6) is 0 Å². The largest absolute Gasteiger partial charge is 0.467 e. The van der Waals surface area contributed by atoms with E-state index >= 15 is 0 Å². The van der Waals surface area contributed by atoms with Crippen LogP contribution in [0.3, 0.4) is 0 Å². The molecule has 0 aliphatic rings. The fourth-order valence-corrected chi connectivity index (χ4v) is 3.86. The van der Waals surface area contributed by atoms with Crippen LogP contribution < -0.4 is 16.6 Å². The third-order valence-electron chi connectivity index (χ3n) is 5.53. The Balaban J connectivity index is 2.05. The van der Waals surface area contributed by atoms with E-state index in [1.165, 1.54) is 18.0 Å². The molecule has 0 aliphatic heterocycles. The molecule has 1 amide bonds. The van der Waals surface area contributed by atoms with Crippen LogP contribution in [0.15, 0.2) is 46.2 Å². The van der Waals surface area contributed by atoms with E-state index in [2.05, 4.69) is 10.3 Å². The average Bonchev–Trinajstić information content (AvgIpc) is 3.26. The summed E-state index contributed by atoms with van der Waals surface area (Å²) in [6.45, 7) is 4.10. The summed E-state index contributed by atoms with van der Waals surface area (Å²) in [7, 11) is 2.78. The Labute approximate surface area is 202 Å². The quantitative estimate of drug-likeness (QED) is 0.397. The molecule has 1 N–H and O–H groups in total. The molecule has 0 aliphatic carbocycles. The average molecular weight is 486 g/mol. The number of fused-ring (bicyclic) bond motifs is 1. The van der Waals surface area contributed by atoms with E-state index in [0.717, 1.165) is 10.1 Å². The summed E-state index contributed by atoms with van der Waals surface area (Å²) in [6.07, 6.45) is 1.83. The molecule has 0 saturated heterocycles. The van der Waals surface area contributed by atoms with Crippen molar-refractivity contribution >= 4 is 23.0 Å².